The first kappa shape index (κ1) is 18.1. The summed E-state index contributed by atoms with van der Waals surface area (Å²) in [6.07, 6.45) is 0. The lowest BCUT2D eigenvalue weighted by atomic mass is 9.96. The number of carbonyl (C=O) groups excluding carboxylic acids is 1. The Morgan fingerprint density at radius 1 is 1.29 bits per heavy atom. The van der Waals surface area contributed by atoms with Gasteiger partial charge in [0.25, 0.3) is 0 Å². The molecule has 0 atom stereocenters. The number of aromatic nitrogens is 3. The Hall–Kier alpha value is -2.22. The number of benzene rings is 1. The van der Waals surface area contributed by atoms with Gasteiger partial charge in [0, 0.05) is 5.41 Å². The van der Waals surface area contributed by atoms with Crippen molar-refractivity contribution in [1.29, 1.82) is 0 Å². The second-order valence-corrected chi connectivity index (χ2v) is 7.17. The highest BCUT2D eigenvalue weighted by molar-refractivity contribution is 7.99. The summed E-state index contributed by atoms with van der Waals surface area (Å²) < 4.78 is 6.95. The summed E-state index contributed by atoms with van der Waals surface area (Å²) in [5.74, 6) is 7.57. The normalized spacial score (nSPS) is 11.3. The standard InChI is InChI=1S/C16H23N5O2S/c1-16(2,3)14-19-20-15(21(14)17)24-11-13(22)18-9-10-23-12-7-5-4-6-8-12/h4-8H,9-11,17H2,1-3H3,(H,18,22). The van der Waals surface area contributed by atoms with Crippen LogP contribution in [0.25, 0.3) is 0 Å². The van der Waals surface area contributed by atoms with Crippen molar-refractivity contribution >= 4 is 17.7 Å². The molecular weight excluding hydrogens is 326 g/mol. The van der Waals surface area contributed by atoms with Crippen molar-refractivity contribution in [3.63, 3.8) is 0 Å². The van der Waals surface area contributed by atoms with Crippen LogP contribution in [-0.2, 0) is 10.2 Å². The molecule has 0 saturated heterocycles. The third kappa shape index (κ3) is 5.16. The van der Waals surface area contributed by atoms with E-state index in [9.17, 15) is 4.79 Å². The average molecular weight is 349 g/mol. The van der Waals surface area contributed by atoms with E-state index >= 15 is 0 Å². The van der Waals surface area contributed by atoms with Crippen LogP contribution in [0.1, 0.15) is 26.6 Å². The Morgan fingerprint density at radius 3 is 2.62 bits per heavy atom. The lowest BCUT2D eigenvalue weighted by Gasteiger charge is -2.16. The van der Waals surface area contributed by atoms with Gasteiger partial charge in [0.15, 0.2) is 5.82 Å². The summed E-state index contributed by atoms with van der Waals surface area (Å²) in [5, 5.41) is 11.4. The molecule has 0 spiro atoms. The smallest absolute Gasteiger partial charge is 0.230 e. The Balaban J connectivity index is 1.71. The fourth-order valence-corrected chi connectivity index (χ4v) is 2.63. The summed E-state index contributed by atoms with van der Waals surface area (Å²) in [6, 6.07) is 9.48. The quantitative estimate of drug-likeness (QED) is 0.448. The van der Waals surface area contributed by atoms with Crippen molar-refractivity contribution in [1.82, 2.24) is 20.2 Å². The molecule has 0 aliphatic carbocycles. The third-order valence-corrected chi connectivity index (χ3v) is 4.05. The van der Waals surface area contributed by atoms with E-state index in [-0.39, 0.29) is 17.1 Å². The number of para-hydroxylation sites is 1. The second-order valence-electron chi connectivity index (χ2n) is 6.23. The first-order chi connectivity index (χ1) is 11.4. The van der Waals surface area contributed by atoms with Gasteiger partial charge in [0.05, 0.1) is 12.3 Å². The SMILES string of the molecule is CC(C)(C)c1nnc(SCC(=O)NCCOc2ccccc2)n1N. The fraction of sp³-hybridized carbons (Fsp3) is 0.438. The van der Waals surface area contributed by atoms with Gasteiger partial charge >= 0.3 is 0 Å². The highest BCUT2D eigenvalue weighted by Gasteiger charge is 2.23. The van der Waals surface area contributed by atoms with E-state index in [4.69, 9.17) is 10.6 Å². The summed E-state index contributed by atoms with van der Waals surface area (Å²) in [5.41, 5.74) is -0.197. The summed E-state index contributed by atoms with van der Waals surface area (Å²) in [7, 11) is 0. The average Bonchev–Trinajstić information content (AvgIpc) is 2.91. The van der Waals surface area contributed by atoms with Crippen molar-refractivity contribution in [2.45, 2.75) is 31.3 Å². The number of nitrogens with one attached hydrogen (secondary N) is 1. The van der Waals surface area contributed by atoms with E-state index in [1.165, 1.54) is 16.4 Å². The Bertz CT molecular complexity index is 667. The van der Waals surface area contributed by atoms with Crippen molar-refractivity contribution < 1.29 is 9.53 Å². The van der Waals surface area contributed by atoms with Gasteiger partial charge in [-0.25, -0.2) is 4.68 Å². The van der Waals surface area contributed by atoms with Crippen LogP contribution in [0.15, 0.2) is 35.5 Å². The monoisotopic (exact) mass is 349 g/mol. The maximum absolute atomic E-state index is 11.9. The molecule has 1 heterocycles. The molecule has 1 amide bonds. The molecule has 0 bridgehead atoms. The summed E-state index contributed by atoms with van der Waals surface area (Å²) >= 11 is 1.26. The largest absolute Gasteiger partial charge is 0.492 e. The molecule has 7 nitrogen and oxygen atoms in total. The molecule has 2 rings (SSSR count). The molecule has 3 N–H and O–H groups in total. The van der Waals surface area contributed by atoms with Crippen molar-refractivity contribution in [2.24, 2.45) is 0 Å². The molecule has 0 aliphatic rings. The van der Waals surface area contributed by atoms with E-state index in [1.807, 2.05) is 51.1 Å². The van der Waals surface area contributed by atoms with E-state index < -0.39 is 0 Å². The fourth-order valence-electron chi connectivity index (χ4n) is 1.94. The molecule has 1 aromatic carbocycles. The molecule has 1 aromatic heterocycles. The van der Waals surface area contributed by atoms with Crippen molar-refractivity contribution in [3.8, 4) is 5.75 Å². The number of carbonyl (C=O) groups is 1. The van der Waals surface area contributed by atoms with Crippen LogP contribution in [0.5, 0.6) is 5.75 Å². The third-order valence-electron chi connectivity index (χ3n) is 3.10. The van der Waals surface area contributed by atoms with Crippen LogP contribution < -0.4 is 15.9 Å². The number of amides is 1. The molecule has 24 heavy (non-hydrogen) atoms. The minimum atomic E-state index is -0.197. The zero-order valence-corrected chi connectivity index (χ0v) is 15.0. The van der Waals surface area contributed by atoms with Gasteiger partial charge < -0.3 is 15.9 Å². The lowest BCUT2D eigenvalue weighted by Crippen LogP contribution is -2.30. The summed E-state index contributed by atoms with van der Waals surface area (Å²) in [4.78, 5) is 11.9. The Labute approximate surface area is 145 Å². The van der Waals surface area contributed by atoms with Gasteiger partial charge in [-0.05, 0) is 12.1 Å². The number of rotatable bonds is 7. The minimum Gasteiger partial charge on any atom is -0.492 e. The van der Waals surface area contributed by atoms with E-state index in [1.54, 1.807) is 0 Å². The molecule has 0 saturated carbocycles. The highest BCUT2D eigenvalue weighted by atomic mass is 32.2. The number of nitrogen functional groups attached to an aromatic ring is 1. The van der Waals surface area contributed by atoms with E-state index in [0.717, 1.165) is 5.75 Å². The number of nitrogens with two attached hydrogens (primary N) is 1. The molecule has 130 valence electrons. The maximum atomic E-state index is 11.9. The van der Waals surface area contributed by atoms with Crippen LogP contribution in [0.4, 0.5) is 0 Å². The van der Waals surface area contributed by atoms with Gasteiger partial charge in [-0.3, -0.25) is 4.79 Å². The number of hydrogen-bond acceptors (Lipinski definition) is 6. The number of hydrogen-bond donors (Lipinski definition) is 2. The number of thioether (sulfide) groups is 1. The van der Waals surface area contributed by atoms with Gasteiger partial charge in [0.2, 0.25) is 11.1 Å². The van der Waals surface area contributed by atoms with Crippen LogP contribution in [0, 0.1) is 0 Å². The number of ether oxygens (including phenoxy) is 1. The van der Waals surface area contributed by atoms with Crippen molar-refractivity contribution in [2.75, 3.05) is 24.7 Å². The van der Waals surface area contributed by atoms with Crippen LogP contribution >= 0.6 is 11.8 Å². The first-order valence-corrected chi connectivity index (χ1v) is 8.65. The molecule has 0 radical (unpaired) electrons. The second kappa shape index (κ2) is 8.05. The Morgan fingerprint density at radius 2 is 2.00 bits per heavy atom. The predicted molar refractivity (Wildman–Crippen MR) is 94.5 cm³/mol. The maximum Gasteiger partial charge on any atom is 0.230 e. The lowest BCUT2D eigenvalue weighted by molar-refractivity contribution is -0.118. The molecule has 2 aromatic rings. The molecule has 0 aliphatic heterocycles. The Kier molecular flexibility index (Phi) is 6.08. The molecule has 0 unspecified atom stereocenters. The topological polar surface area (TPSA) is 95.1 Å². The highest BCUT2D eigenvalue weighted by Crippen LogP contribution is 2.22. The van der Waals surface area contributed by atoms with E-state index in [2.05, 4.69) is 15.5 Å². The van der Waals surface area contributed by atoms with Crippen LogP contribution in [0.2, 0.25) is 0 Å². The summed E-state index contributed by atoms with van der Waals surface area (Å²) in [6.45, 7) is 6.88. The minimum absolute atomic E-state index is 0.100. The number of nitrogens with zero attached hydrogens (tertiary/aromatic N) is 3. The zero-order valence-electron chi connectivity index (χ0n) is 14.2. The van der Waals surface area contributed by atoms with Crippen LogP contribution in [0.3, 0.4) is 0 Å². The molecule has 0 fully saturated rings. The van der Waals surface area contributed by atoms with Crippen molar-refractivity contribution in [3.05, 3.63) is 36.2 Å². The van der Waals surface area contributed by atoms with E-state index in [0.29, 0.717) is 24.1 Å². The van der Waals surface area contributed by atoms with Gasteiger partial charge in [-0.2, -0.15) is 0 Å². The zero-order chi connectivity index (χ0) is 17.6. The van der Waals surface area contributed by atoms with Crippen LogP contribution in [-0.4, -0.2) is 39.7 Å². The molecule has 8 heteroatoms. The first-order valence-electron chi connectivity index (χ1n) is 7.66. The van der Waals surface area contributed by atoms with Gasteiger partial charge in [0.1, 0.15) is 12.4 Å². The van der Waals surface area contributed by atoms with Gasteiger partial charge in [-0.1, -0.05) is 50.7 Å². The van der Waals surface area contributed by atoms with Gasteiger partial charge in [-0.15, -0.1) is 10.2 Å². The predicted octanol–water partition coefficient (Wildman–Crippen LogP) is 1.58. The molecular formula is C16H23N5O2S.